The predicted octanol–water partition coefficient (Wildman–Crippen LogP) is 2.42. The SMILES string of the molecule is NCC(F)(F)Cc1ccccc1N1CCCC1. The van der Waals surface area contributed by atoms with E-state index in [2.05, 4.69) is 4.90 Å². The molecule has 1 saturated heterocycles. The van der Waals surface area contributed by atoms with Gasteiger partial charge < -0.3 is 10.6 Å². The molecule has 1 aliphatic rings. The Morgan fingerprint density at radius 1 is 1.18 bits per heavy atom. The molecule has 94 valence electrons. The lowest BCUT2D eigenvalue weighted by Gasteiger charge is -2.23. The molecule has 4 heteroatoms. The number of halogens is 2. The number of hydrogen-bond donors (Lipinski definition) is 1. The van der Waals surface area contributed by atoms with Gasteiger partial charge in [-0.05, 0) is 24.5 Å². The minimum Gasteiger partial charge on any atom is -0.371 e. The van der Waals surface area contributed by atoms with Gasteiger partial charge in [0.05, 0.1) is 6.54 Å². The maximum Gasteiger partial charge on any atom is 0.264 e. The maximum atomic E-state index is 13.4. The molecule has 0 aliphatic carbocycles. The Bertz CT molecular complexity index is 373. The summed E-state index contributed by atoms with van der Waals surface area (Å²) >= 11 is 0. The number of benzene rings is 1. The standard InChI is InChI=1S/C13H18F2N2/c14-13(15,10-16)9-11-5-1-2-6-12(11)17-7-3-4-8-17/h1-2,5-6H,3-4,7-10,16H2. The van der Waals surface area contributed by atoms with Crippen LogP contribution in [0.2, 0.25) is 0 Å². The van der Waals surface area contributed by atoms with E-state index in [9.17, 15) is 8.78 Å². The van der Waals surface area contributed by atoms with Crippen LogP contribution < -0.4 is 10.6 Å². The first-order chi connectivity index (χ1) is 8.12. The summed E-state index contributed by atoms with van der Waals surface area (Å²) in [5, 5.41) is 0. The van der Waals surface area contributed by atoms with Crippen LogP contribution in [0.3, 0.4) is 0 Å². The molecule has 1 fully saturated rings. The number of alkyl halides is 2. The number of nitrogens with two attached hydrogens (primary N) is 1. The zero-order valence-corrected chi connectivity index (χ0v) is 9.83. The summed E-state index contributed by atoms with van der Waals surface area (Å²) in [5.74, 6) is -2.81. The van der Waals surface area contributed by atoms with Gasteiger partial charge in [0.1, 0.15) is 0 Å². The predicted molar refractivity (Wildman–Crippen MR) is 65.6 cm³/mol. The second-order valence-corrected chi connectivity index (χ2v) is 4.56. The third kappa shape index (κ3) is 2.94. The molecule has 0 spiro atoms. The summed E-state index contributed by atoms with van der Waals surface area (Å²) in [5.41, 5.74) is 6.74. The molecule has 0 bridgehead atoms. The van der Waals surface area contributed by atoms with Gasteiger partial charge in [0.25, 0.3) is 5.92 Å². The molecule has 1 aromatic carbocycles. The molecule has 2 nitrogen and oxygen atoms in total. The molecular weight excluding hydrogens is 222 g/mol. The van der Waals surface area contributed by atoms with Gasteiger partial charge in [-0.15, -0.1) is 0 Å². The molecule has 2 N–H and O–H groups in total. The molecule has 2 rings (SSSR count). The lowest BCUT2D eigenvalue weighted by atomic mass is 10.0. The van der Waals surface area contributed by atoms with E-state index in [-0.39, 0.29) is 6.42 Å². The average molecular weight is 240 g/mol. The first kappa shape index (κ1) is 12.3. The van der Waals surface area contributed by atoms with Gasteiger partial charge in [-0.25, -0.2) is 8.78 Å². The smallest absolute Gasteiger partial charge is 0.264 e. The molecule has 0 amide bonds. The van der Waals surface area contributed by atoms with Crippen LogP contribution in [-0.4, -0.2) is 25.6 Å². The van der Waals surface area contributed by atoms with Gasteiger partial charge in [0, 0.05) is 25.2 Å². The van der Waals surface area contributed by atoms with Crippen molar-refractivity contribution in [3.05, 3.63) is 29.8 Å². The second-order valence-electron chi connectivity index (χ2n) is 4.56. The van der Waals surface area contributed by atoms with Gasteiger partial charge >= 0.3 is 0 Å². The van der Waals surface area contributed by atoms with Crippen molar-refractivity contribution >= 4 is 5.69 Å². The number of para-hydroxylation sites is 1. The Hall–Kier alpha value is -1.16. The van der Waals surface area contributed by atoms with Crippen LogP contribution in [0.1, 0.15) is 18.4 Å². The van der Waals surface area contributed by atoms with E-state index in [1.54, 1.807) is 6.07 Å². The third-order valence-electron chi connectivity index (χ3n) is 3.19. The summed E-state index contributed by atoms with van der Waals surface area (Å²) < 4.78 is 26.7. The highest BCUT2D eigenvalue weighted by molar-refractivity contribution is 5.54. The number of anilines is 1. The van der Waals surface area contributed by atoms with Gasteiger partial charge in [0.15, 0.2) is 0 Å². The van der Waals surface area contributed by atoms with Gasteiger partial charge in [-0.2, -0.15) is 0 Å². The zero-order chi connectivity index (χ0) is 12.3. The third-order valence-corrected chi connectivity index (χ3v) is 3.19. The van der Waals surface area contributed by atoms with Crippen LogP contribution in [0, 0.1) is 0 Å². The first-order valence-corrected chi connectivity index (χ1v) is 6.03. The highest BCUT2D eigenvalue weighted by Crippen LogP contribution is 2.29. The van der Waals surface area contributed by atoms with Crippen LogP contribution in [0.4, 0.5) is 14.5 Å². The van der Waals surface area contributed by atoms with E-state index < -0.39 is 12.5 Å². The van der Waals surface area contributed by atoms with E-state index >= 15 is 0 Å². The summed E-state index contributed by atoms with van der Waals surface area (Å²) in [6, 6.07) is 7.41. The number of hydrogen-bond acceptors (Lipinski definition) is 2. The lowest BCUT2D eigenvalue weighted by Crippen LogP contribution is -2.31. The molecule has 0 atom stereocenters. The molecule has 17 heavy (non-hydrogen) atoms. The molecule has 1 heterocycles. The van der Waals surface area contributed by atoms with Crippen molar-refractivity contribution in [3.8, 4) is 0 Å². The van der Waals surface area contributed by atoms with E-state index in [4.69, 9.17) is 5.73 Å². The summed E-state index contributed by atoms with van der Waals surface area (Å²) in [6.07, 6.45) is 2.01. The summed E-state index contributed by atoms with van der Waals surface area (Å²) in [7, 11) is 0. The van der Waals surface area contributed by atoms with E-state index in [1.807, 2.05) is 18.2 Å². The van der Waals surface area contributed by atoms with Crippen LogP contribution in [0.15, 0.2) is 24.3 Å². The minimum atomic E-state index is -2.81. The topological polar surface area (TPSA) is 29.3 Å². The molecule has 0 radical (unpaired) electrons. The molecule has 1 aliphatic heterocycles. The monoisotopic (exact) mass is 240 g/mol. The van der Waals surface area contributed by atoms with Gasteiger partial charge in [-0.3, -0.25) is 0 Å². The largest absolute Gasteiger partial charge is 0.371 e. The molecule has 0 saturated carbocycles. The van der Waals surface area contributed by atoms with Crippen molar-refractivity contribution in [2.45, 2.75) is 25.2 Å². The lowest BCUT2D eigenvalue weighted by molar-refractivity contribution is 0.0116. The Kier molecular flexibility index (Phi) is 3.62. The average Bonchev–Trinajstić information content (AvgIpc) is 2.83. The van der Waals surface area contributed by atoms with Crippen molar-refractivity contribution in [1.29, 1.82) is 0 Å². The van der Waals surface area contributed by atoms with Crippen LogP contribution >= 0.6 is 0 Å². The fraction of sp³-hybridized carbons (Fsp3) is 0.538. The normalized spacial score (nSPS) is 16.5. The quantitative estimate of drug-likeness (QED) is 0.875. The van der Waals surface area contributed by atoms with Crippen molar-refractivity contribution in [2.24, 2.45) is 5.73 Å². The molecule has 1 aromatic rings. The van der Waals surface area contributed by atoms with Crippen molar-refractivity contribution in [3.63, 3.8) is 0 Å². The molecule has 0 aromatic heterocycles. The summed E-state index contributed by atoms with van der Waals surface area (Å²) in [4.78, 5) is 2.18. The first-order valence-electron chi connectivity index (χ1n) is 6.03. The second kappa shape index (κ2) is 5.00. The molecule has 0 unspecified atom stereocenters. The number of nitrogens with zero attached hydrogens (tertiary/aromatic N) is 1. The number of rotatable bonds is 4. The van der Waals surface area contributed by atoms with Crippen LogP contribution in [0.5, 0.6) is 0 Å². The van der Waals surface area contributed by atoms with Gasteiger partial charge in [0.2, 0.25) is 0 Å². The van der Waals surface area contributed by atoms with E-state index in [0.29, 0.717) is 5.56 Å². The molecular formula is C13H18F2N2. The summed E-state index contributed by atoms with van der Waals surface area (Å²) in [6.45, 7) is 1.33. The van der Waals surface area contributed by atoms with Crippen molar-refractivity contribution < 1.29 is 8.78 Å². The van der Waals surface area contributed by atoms with Crippen molar-refractivity contribution in [2.75, 3.05) is 24.5 Å². The fourth-order valence-corrected chi connectivity index (χ4v) is 2.28. The fourth-order valence-electron chi connectivity index (χ4n) is 2.28. The van der Waals surface area contributed by atoms with E-state index in [0.717, 1.165) is 31.6 Å². The highest BCUT2D eigenvalue weighted by Gasteiger charge is 2.29. The van der Waals surface area contributed by atoms with Crippen LogP contribution in [-0.2, 0) is 6.42 Å². The minimum absolute atomic E-state index is 0.268. The van der Waals surface area contributed by atoms with Crippen molar-refractivity contribution in [1.82, 2.24) is 0 Å². The maximum absolute atomic E-state index is 13.4. The van der Waals surface area contributed by atoms with Crippen LogP contribution in [0.25, 0.3) is 0 Å². The van der Waals surface area contributed by atoms with E-state index in [1.165, 1.54) is 0 Å². The zero-order valence-electron chi connectivity index (χ0n) is 9.83. The Morgan fingerprint density at radius 3 is 2.47 bits per heavy atom. The Morgan fingerprint density at radius 2 is 1.82 bits per heavy atom. The van der Waals surface area contributed by atoms with Gasteiger partial charge in [-0.1, -0.05) is 18.2 Å². The highest BCUT2D eigenvalue weighted by atomic mass is 19.3. The Labute approximate surface area is 100 Å². The Balaban J connectivity index is 2.21.